The van der Waals surface area contributed by atoms with Crippen LogP contribution in [0.4, 0.5) is 0 Å². The van der Waals surface area contributed by atoms with Crippen molar-refractivity contribution in [2.75, 3.05) is 6.54 Å². The molecule has 1 unspecified atom stereocenters. The van der Waals surface area contributed by atoms with Crippen LogP contribution in [0.5, 0.6) is 0 Å². The van der Waals surface area contributed by atoms with E-state index < -0.39 is 0 Å². The number of para-hydroxylation sites is 2. The predicted molar refractivity (Wildman–Crippen MR) is 91.0 cm³/mol. The number of aromatic nitrogens is 3. The number of hydrogen-bond acceptors (Lipinski definition) is 3. The quantitative estimate of drug-likeness (QED) is 0.747. The van der Waals surface area contributed by atoms with E-state index in [0.717, 1.165) is 40.7 Å². The van der Waals surface area contributed by atoms with Gasteiger partial charge in [0.05, 0.1) is 22.6 Å². The van der Waals surface area contributed by atoms with Crippen molar-refractivity contribution in [1.82, 2.24) is 19.9 Å². The lowest BCUT2D eigenvalue weighted by Crippen LogP contribution is -2.31. The van der Waals surface area contributed by atoms with Gasteiger partial charge in [0, 0.05) is 23.4 Å². The number of rotatable bonds is 2. The Bertz CT molecular complexity index is 843. The number of pyridine rings is 1. The Morgan fingerprint density at radius 2 is 2.17 bits per heavy atom. The van der Waals surface area contributed by atoms with Gasteiger partial charge in [-0.05, 0) is 47.0 Å². The summed E-state index contributed by atoms with van der Waals surface area (Å²) >= 11 is 3.37. The summed E-state index contributed by atoms with van der Waals surface area (Å²) in [5.41, 5.74) is 2.54. The number of benzene rings is 1. The van der Waals surface area contributed by atoms with Gasteiger partial charge in [-0.25, -0.2) is 4.98 Å². The first-order valence-electron chi connectivity index (χ1n) is 7.58. The summed E-state index contributed by atoms with van der Waals surface area (Å²) in [5, 5.41) is 0. The lowest BCUT2D eigenvalue weighted by atomic mass is 10.2. The van der Waals surface area contributed by atoms with Crippen molar-refractivity contribution in [2.45, 2.75) is 18.9 Å². The third-order valence-corrected chi connectivity index (χ3v) is 4.62. The van der Waals surface area contributed by atoms with Crippen molar-refractivity contribution in [1.29, 1.82) is 0 Å². The number of nitrogens with zero attached hydrogens (tertiary/aromatic N) is 3. The van der Waals surface area contributed by atoms with Gasteiger partial charge in [-0.15, -0.1) is 0 Å². The average molecular weight is 371 g/mol. The van der Waals surface area contributed by atoms with Crippen LogP contribution >= 0.6 is 15.9 Å². The van der Waals surface area contributed by atoms with Gasteiger partial charge in [-0.2, -0.15) is 0 Å². The number of imidazole rings is 1. The Balaban J connectivity index is 1.67. The van der Waals surface area contributed by atoms with Gasteiger partial charge < -0.3 is 9.88 Å². The molecule has 3 aromatic rings. The van der Waals surface area contributed by atoms with E-state index in [-0.39, 0.29) is 11.9 Å². The minimum absolute atomic E-state index is 0.00163. The molecule has 1 amide bonds. The summed E-state index contributed by atoms with van der Waals surface area (Å²) in [4.78, 5) is 26.8. The van der Waals surface area contributed by atoms with Crippen LogP contribution in [-0.2, 0) is 0 Å². The van der Waals surface area contributed by atoms with Crippen LogP contribution < -0.4 is 0 Å². The van der Waals surface area contributed by atoms with Gasteiger partial charge in [0.2, 0.25) is 0 Å². The summed E-state index contributed by atoms with van der Waals surface area (Å²) in [6.07, 6.45) is 5.19. The number of fused-ring (bicyclic) bond motifs is 1. The number of nitrogens with one attached hydrogen (secondary N) is 1. The van der Waals surface area contributed by atoms with Crippen LogP contribution in [0.2, 0.25) is 0 Å². The molecule has 0 bridgehead atoms. The molecule has 1 aliphatic rings. The molecule has 116 valence electrons. The maximum Gasteiger partial charge on any atom is 0.256 e. The molecule has 1 aromatic carbocycles. The summed E-state index contributed by atoms with van der Waals surface area (Å²) < 4.78 is 0.808. The molecule has 1 aliphatic heterocycles. The van der Waals surface area contributed by atoms with E-state index in [4.69, 9.17) is 0 Å². The molecule has 1 atom stereocenters. The lowest BCUT2D eigenvalue weighted by Gasteiger charge is -2.23. The van der Waals surface area contributed by atoms with Crippen LogP contribution in [0.3, 0.4) is 0 Å². The predicted octanol–water partition coefficient (Wildman–Crippen LogP) is 3.70. The highest BCUT2D eigenvalue weighted by molar-refractivity contribution is 9.10. The van der Waals surface area contributed by atoms with Gasteiger partial charge in [-0.1, -0.05) is 12.1 Å². The highest BCUT2D eigenvalue weighted by Crippen LogP contribution is 2.32. The second-order valence-corrected chi connectivity index (χ2v) is 6.60. The molecule has 1 fully saturated rings. The minimum Gasteiger partial charge on any atom is -0.340 e. The van der Waals surface area contributed by atoms with E-state index in [1.165, 1.54) is 0 Å². The molecular weight excluding hydrogens is 356 g/mol. The molecule has 0 aliphatic carbocycles. The van der Waals surface area contributed by atoms with Gasteiger partial charge in [-0.3, -0.25) is 9.78 Å². The number of likely N-dealkylation sites (tertiary alicyclic amines) is 1. The van der Waals surface area contributed by atoms with Gasteiger partial charge in [0.1, 0.15) is 5.82 Å². The largest absolute Gasteiger partial charge is 0.340 e. The normalized spacial score (nSPS) is 17.8. The molecule has 0 radical (unpaired) electrons. The molecule has 23 heavy (non-hydrogen) atoms. The van der Waals surface area contributed by atoms with Crippen molar-refractivity contribution >= 4 is 32.9 Å². The Morgan fingerprint density at radius 3 is 3.00 bits per heavy atom. The van der Waals surface area contributed by atoms with Crippen LogP contribution in [0, 0.1) is 0 Å². The highest BCUT2D eigenvalue weighted by Gasteiger charge is 2.32. The first kappa shape index (κ1) is 14.4. The maximum atomic E-state index is 12.8. The van der Waals surface area contributed by atoms with Crippen LogP contribution in [-0.4, -0.2) is 32.3 Å². The third kappa shape index (κ3) is 2.63. The molecular formula is C17H15BrN4O. The molecule has 1 N–H and O–H groups in total. The monoisotopic (exact) mass is 370 g/mol. The van der Waals surface area contributed by atoms with Gasteiger partial charge in [0.25, 0.3) is 5.91 Å². The zero-order valence-corrected chi connectivity index (χ0v) is 14.0. The van der Waals surface area contributed by atoms with E-state index >= 15 is 0 Å². The number of amides is 1. The number of halogens is 1. The van der Waals surface area contributed by atoms with Gasteiger partial charge >= 0.3 is 0 Å². The van der Waals surface area contributed by atoms with E-state index in [2.05, 4.69) is 30.9 Å². The number of hydrogen-bond donors (Lipinski definition) is 1. The van der Waals surface area contributed by atoms with E-state index in [1.807, 2.05) is 35.2 Å². The summed E-state index contributed by atoms with van der Waals surface area (Å²) in [6, 6.07) is 9.74. The van der Waals surface area contributed by atoms with Crippen molar-refractivity contribution < 1.29 is 4.79 Å². The summed E-state index contributed by atoms with van der Waals surface area (Å²) in [7, 11) is 0. The number of carbonyl (C=O) groups is 1. The third-order valence-electron chi connectivity index (χ3n) is 4.19. The number of H-pyrrole nitrogens is 1. The molecule has 6 heteroatoms. The zero-order chi connectivity index (χ0) is 15.8. The fourth-order valence-corrected chi connectivity index (χ4v) is 3.48. The molecule has 3 heterocycles. The van der Waals surface area contributed by atoms with Crippen LogP contribution in [0.1, 0.15) is 35.1 Å². The van der Waals surface area contributed by atoms with Crippen LogP contribution in [0.25, 0.3) is 11.0 Å². The Morgan fingerprint density at radius 1 is 1.30 bits per heavy atom. The number of aromatic amines is 1. The first-order chi connectivity index (χ1) is 11.2. The minimum atomic E-state index is -0.00567. The molecule has 1 saturated heterocycles. The molecule has 0 spiro atoms. The average Bonchev–Trinajstić information content (AvgIpc) is 3.20. The highest BCUT2D eigenvalue weighted by atomic mass is 79.9. The Kier molecular flexibility index (Phi) is 3.61. The lowest BCUT2D eigenvalue weighted by molar-refractivity contribution is 0.0730. The number of carbonyl (C=O) groups excluding carboxylic acids is 1. The first-order valence-corrected chi connectivity index (χ1v) is 8.38. The van der Waals surface area contributed by atoms with E-state index in [9.17, 15) is 4.79 Å². The standard InChI is InChI=1S/C17H15BrN4O/c18-12-8-11(9-19-10-12)17(23)22-7-3-6-15(22)16-20-13-4-1-2-5-14(13)21-16/h1-2,4-5,8-10,15H,3,6-7H2,(H,20,21). The SMILES string of the molecule is O=C(c1cncc(Br)c1)N1CCCC1c1nc2ccccc2[nH]1. The smallest absolute Gasteiger partial charge is 0.256 e. The van der Waals surface area contributed by atoms with Crippen molar-refractivity contribution in [3.63, 3.8) is 0 Å². The van der Waals surface area contributed by atoms with E-state index in [0.29, 0.717) is 5.56 Å². The van der Waals surface area contributed by atoms with Crippen molar-refractivity contribution in [3.8, 4) is 0 Å². The fraction of sp³-hybridized carbons (Fsp3) is 0.235. The van der Waals surface area contributed by atoms with Gasteiger partial charge in [0.15, 0.2) is 0 Å². The second-order valence-electron chi connectivity index (χ2n) is 5.69. The molecule has 5 nitrogen and oxygen atoms in total. The van der Waals surface area contributed by atoms with Crippen molar-refractivity contribution in [3.05, 3.63) is 58.6 Å². The zero-order valence-electron chi connectivity index (χ0n) is 12.4. The maximum absolute atomic E-state index is 12.8. The second kappa shape index (κ2) is 5.77. The fourth-order valence-electron chi connectivity index (χ4n) is 3.12. The molecule has 4 rings (SSSR count). The molecule has 2 aromatic heterocycles. The van der Waals surface area contributed by atoms with Crippen molar-refractivity contribution in [2.24, 2.45) is 0 Å². The molecule has 0 saturated carbocycles. The Hall–Kier alpha value is -2.21. The summed E-state index contributed by atoms with van der Waals surface area (Å²) in [5.74, 6) is 0.863. The summed E-state index contributed by atoms with van der Waals surface area (Å²) in [6.45, 7) is 0.743. The topological polar surface area (TPSA) is 61.9 Å². The van der Waals surface area contributed by atoms with E-state index in [1.54, 1.807) is 12.4 Å². The van der Waals surface area contributed by atoms with Crippen LogP contribution in [0.15, 0.2) is 47.2 Å². The Labute approximate surface area is 141 Å².